The quantitative estimate of drug-likeness (QED) is 0.862. The minimum atomic E-state index is -4.44. The molecule has 0 N–H and O–H groups in total. The van der Waals surface area contributed by atoms with E-state index in [0.29, 0.717) is 18.8 Å². The summed E-state index contributed by atoms with van der Waals surface area (Å²) in [6, 6.07) is 13.9. The van der Waals surface area contributed by atoms with E-state index in [0.717, 1.165) is 19.2 Å². The molecule has 122 valence electrons. The zero-order valence-corrected chi connectivity index (χ0v) is 12.5. The lowest BCUT2D eigenvalue weighted by Crippen LogP contribution is -2.38. The Balaban J connectivity index is 1.71. The van der Waals surface area contributed by atoms with Crippen LogP contribution in [0, 0.1) is 0 Å². The van der Waals surface area contributed by atoms with Crippen molar-refractivity contribution in [1.29, 1.82) is 0 Å². The summed E-state index contributed by atoms with van der Waals surface area (Å²) in [6.07, 6.45) is -4.87. The second-order valence-corrected chi connectivity index (χ2v) is 5.53. The van der Waals surface area contributed by atoms with E-state index in [9.17, 15) is 13.2 Å². The first kappa shape index (κ1) is 16.0. The Kier molecular flexibility index (Phi) is 4.63. The van der Waals surface area contributed by atoms with Gasteiger partial charge < -0.3 is 4.74 Å². The van der Waals surface area contributed by atoms with Crippen LogP contribution in [0.15, 0.2) is 48.5 Å². The van der Waals surface area contributed by atoms with Gasteiger partial charge in [0, 0.05) is 19.6 Å². The molecule has 6 heteroatoms. The molecule has 0 amide bonds. The first-order chi connectivity index (χ1) is 11.0. The molecule has 3 rings (SSSR count). The van der Waals surface area contributed by atoms with Gasteiger partial charge in [-0.2, -0.15) is 13.2 Å². The number of ether oxygens (including phenoxy) is 1. The largest absolute Gasteiger partial charge is 0.433 e. The summed E-state index contributed by atoms with van der Waals surface area (Å²) < 4.78 is 44.0. The Bertz CT molecular complexity index is 646. The van der Waals surface area contributed by atoms with E-state index in [1.807, 2.05) is 30.3 Å². The Labute approximate surface area is 132 Å². The van der Waals surface area contributed by atoms with Crippen molar-refractivity contribution in [2.24, 2.45) is 0 Å². The SMILES string of the molecule is FC(F)(F)c1cccc(C2CN(Cc3ccccc3)CCO2)n1. The van der Waals surface area contributed by atoms with Crippen molar-refractivity contribution in [3.63, 3.8) is 0 Å². The van der Waals surface area contributed by atoms with Crippen LogP contribution in [0.25, 0.3) is 0 Å². The highest BCUT2D eigenvalue weighted by molar-refractivity contribution is 5.17. The van der Waals surface area contributed by atoms with Gasteiger partial charge in [-0.3, -0.25) is 4.90 Å². The second kappa shape index (κ2) is 6.68. The summed E-state index contributed by atoms with van der Waals surface area (Å²) >= 11 is 0. The van der Waals surface area contributed by atoms with E-state index in [4.69, 9.17) is 4.74 Å². The van der Waals surface area contributed by atoms with Crippen molar-refractivity contribution in [2.75, 3.05) is 19.7 Å². The van der Waals surface area contributed by atoms with Gasteiger partial charge in [0.2, 0.25) is 0 Å². The molecule has 3 nitrogen and oxygen atoms in total. The average molecular weight is 322 g/mol. The highest BCUT2D eigenvalue weighted by atomic mass is 19.4. The van der Waals surface area contributed by atoms with Crippen molar-refractivity contribution in [3.8, 4) is 0 Å². The third kappa shape index (κ3) is 4.09. The van der Waals surface area contributed by atoms with Crippen LogP contribution in [-0.2, 0) is 17.5 Å². The highest BCUT2D eigenvalue weighted by Crippen LogP contribution is 2.29. The molecule has 0 aliphatic carbocycles. The van der Waals surface area contributed by atoms with Crippen LogP contribution in [0.4, 0.5) is 13.2 Å². The number of benzene rings is 1. The van der Waals surface area contributed by atoms with Crippen molar-refractivity contribution >= 4 is 0 Å². The van der Waals surface area contributed by atoms with Crippen LogP contribution in [0.5, 0.6) is 0 Å². The van der Waals surface area contributed by atoms with Crippen molar-refractivity contribution < 1.29 is 17.9 Å². The van der Waals surface area contributed by atoms with Crippen molar-refractivity contribution in [1.82, 2.24) is 9.88 Å². The minimum absolute atomic E-state index is 0.331. The number of alkyl halides is 3. The van der Waals surface area contributed by atoms with Gasteiger partial charge in [0.1, 0.15) is 11.8 Å². The molecule has 1 atom stereocenters. The molecule has 1 aromatic heterocycles. The standard InChI is InChI=1S/C17H17F3N2O/c18-17(19,20)16-8-4-7-14(21-16)15-12-22(9-10-23-15)11-13-5-2-1-3-6-13/h1-8,15H,9-12H2. The molecular weight excluding hydrogens is 305 g/mol. The number of nitrogens with zero attached hydrogens (tertiary/aromatic N) is 2. The Morgan fingerprint density at radius 3 is 2.61 bits per heavy atom. The van der Waals surface area contributed by atoms with Crippen molar-refractivity contribution in [3.05, 3.63) is 65.5 Å². The van der Waals surface area contributed by atoms with Crippen LogP contribution < -0.4 is 0 Å². The molecule has 1 aliphatic heterocycles. The van der Waals surface area contributed by atoms with Gasteiger partial charge in [0.15, 0.2) is 0 Å². The first-order valence-corrected chi connectivity index (χ1v) is 7.44. The fraction of sp³-hybridized carbons (Fsp3) is 0.353. The zero-order valence-electron chi connectivity index (χ0n) is 12.5. The first-order valence-electron chi connectivity index (χ1n) is 7.44. The van der Waals surface area contributed by atoms with Gasteiger partial charge in [-0.15, -0.1) is 0 Å². The van der Waals surface area contributed by atoms with E-state index in [2.05, 4.69) is 9.88 Å². The monoisotopic (exact) mass is 322 g/mol. The molecular formula is C17H17F3N2O. The summed E-state index contributed by atoms with van der Waals surface area (Å²) in [5.74, 6) is 0. The topological polar surface area (TPSA) is 25.4 Å². The summed E-state index contributed by atoms with van der Waals surface area (Å²) in [4.78, 5) is 5.90. The Morgan fingerprint density at radius 2 is 1.87 bits per heavy atom. The van der Waals surface area contributed by atoms with E-state index in [-0.39, 0.29) is 0 Å². The molecule has 1 saturated heterocycles. The predicted octanol–water partition coefficient (Wildman–Crippen LogP) is 3.67. The average Bonchev–Trinajstić information content (AvgIpc) is 2.55. The maximum Gasteiger partial charge on any atom is 0.433 e. The van der Waals surface area contributed by atoms with Gasteiger partial charge in [-0.05, 0) is 17.7 Å². The molecule has 1 aromatic carbocycles. The van der Waals surface area contributed by atoms with E-state index < -0.39 is 18.0 Å². The number of aromatic nitrogens is 1. The molecule has 2 aromatic rings. The maximum atomic E-state index is 12.8. The smallest absolute Gasteiger partial charge is 0.369 e. The van der Waals surface area contributed by atoms with Crippen LogP contribution in [0.2, 0.25) is 0 Å². The van der Waals surface area contributed by atoms with Crippen LogP contribution in [0.3, 0.4) is 0 Å². The molecule has 2 heterocycles. The number of hydrogen-bond donors (Lipinski definition) is 0. The molecule has 0 radical (unpaired) electrons. The maximum absolute atomic E-state index is 12.8. The minimum Gasteiger partial charge on any atom is -0.369 e. The molecule has 0 bridgehead atoms. The number of morpholine rings is 1. The predicted molar refractivity (Wildman–Crippen MR) is 79.7 cm³/mol. The third-order valence-corrected chi connectivity index (χ3v) is 3.79. The summed E-state index contributed by atoms with van der Waals surface area (Å²) in [5.41, 5.74) is 0.626. The number of rotatable bonds is 3. The number of pyridine rings is 1. The number of hydrogen-bond acceptors (Lipinski definition) is 3. The fourth-order valence-corrected chi connectivity index (χ4v) is 2.66. The van der Waals surface area contributed by atoms with Crippen LogP contribution in [0.1, 0.15) is 23.1 Å². The van der Waals surface area contributed by atoms with Crippen molar-refractivity contribution in [2.45, 2.75) is 18.8 Å². The van der Waals surface area contributed by atoms with Crippen LogP contribution >= 0.6 is 0 Å². The summed E-state index contributed by atoms with van der Waals surface area (Å²) in [6.45, 7) is 2.52. The number of halogens is 3. The Hall–Kier alpha value is -1.92. The van der Waals surface area contributed by atoms with Gasteiger partial charge in [-0.25, -0.2) is 4.98 Å². The lowest BCUT2D eigenvalue weighted by Gasteiger charge is -2.32. The zero-order chi connectivity index (χ0) is 16.3. The summed E-state index contributed by atoms with van der Waals surface area (Å²) in [7, 11) is 0. The highest BCUT2D eigenvalue weighted by Gasteiger charge is 2.33. The fourth-order valence-electron chi connectivity index (χ4n) is 2.66. The molecule has 1 fully saturated rings. The molecule has 23 heavy (non-hydrogen) atoms. The summed E-state index contributed by atoms with van der Waals surface area (Å²) in [5, 5.41) is 0. The van der Waals surface area contributed by atoms with Crippen LogP contribution in [-0.4, -0.2) is 29.6 Å². The lowest BCUT2D eigenvalue weighted by atomic mass is 10.1. The van der Waals surface area contributed by atoms with Gasteiger partial charge in [0.05, 0.1) is 12.3 Å². The molecule has 1 unspecified atom stereocenters. The molecule has 1 aliphatic rings. The van der Waals surface area contributed by atoms with Gasteiger partial charge in [-0.1, -0.05) is 36.4 Å². The lowest BCUT2D eigenvalue weighted by molar-refractivity contribution is -0.141. The van der Waals surface area contributed by atoms with Gasteiger partial charge >= 0.3 is 6.18 Å². The normalized spacial score (nSPS) is 19.7. The Morgan fingerprint density at radius 1 is 1.09 bits per heavy atom. The van der Waals surface area contributed by atoms with E-state index in [1.165, 1.54) is 11.6 Å². The third-order valence-electron chi connectivity index (χ3n) is 3.79. The second-order valence-electron chi connectivity index (χ2n) is 5.53. The van der Waals surface area contributed by atoms with Gasteiger partial charge in [0.25, 0.3) is 0 Å². The molecule has 0 spiro atoms. The molecule has 0 saturated carbocycles. The van der Waals surface area contributed by atoms with E-state index in [1.54, 1.807) is 6.07 Å². The van der Waals surface area contributed by atoms with E-state index >= 15 is 0 Å².